The Hall–Kier alpha value is -2.34. The van der Waals surface area contributed by atoms with Crippen LogP contribution in [0.1, 0.15) is 18.9 Å². The molecule has 0 saturated heterocycles. The maximum Gasteiger partial charge on any atom is 0.290 e. The Bertz CT molecular complexity index is 1080. The number of nitro benzene ring substituents is 1. The van der Waals surface area contributed by atoms with Crippen LogP contribution < -0.4 is 4.72 Å². The zero-order chi connectivity index (χ0) is 21.8. The topological polar surface area (TPSA) is 127 Å². The Labute approximate surface area is 170 Å². The first-order valence-corrected chi connectivity index (χ1v) is 11.6. The van der Waals surface area contributed by atoms with Crippen LogP contribution >= 0.6 is 0 Å². The van der Waals surface area contributed by atoms with Crippen molar-refractivity contribution >= 4 is 25.7 Å². The number of aryl methyl sites for hydroxylation is 1. The molecule has 0 aliphatic rings. The molecule has 1 atom stereocenters. The van der Waals surface area contributed by atoms with Crippen molar-refractivity contribution in [3.8, 4) is 0 Å². The largest absolute Gasteiger partial charge is 0.290 e. The van der Waals surface area contributed by atoms with Crippen molar-refractivity contribution in [3.05, 3.63) is 64.2 Å². The monoisotopic (exact) mass is 441 g/mol. The van der Waals surface area contributed by atoms with Gasteiger partial charge in [0, 0.05) is 26.2 Å². The van der Waals surface area contributed by atoms with Crippen LogP contribution in [0.5, 0.6) is 0 Å². The number of nitrogens with one attached hydrogen (secondary N) is 1. The van der Waals surface area contributed by atoms with Crippen molar-refractivity contribution in [2.75, 3.05) is 14.1 Å². The lowest BCUT2D eigenvalue weighted by molar-refractivity contribution is -0.388. The third kappa shape index (κ3) is 5.60. The minimum absolute atomic E-state index is 0.356. The molecule has 0 bridgehead atoms. The van der Waals surface area contributed by atoms with E-state index in [1.807, 2.05) is 30.3 Å². The van der Waals surface area contributed by atoms with E-state index in [1.165, 1.54) is 14.1 Å². The molecule has 0 unspecified atom stereocenters. The standard InChI is InChI=1S/C18H23N3O6S2/c1-14(9-10-15-7-5-4-6-8-15)19-28(24,25)18-12-11-16(13-17(18)21(22)23)29(26,27)20(2)3/h4-8,11-14,19H,9-10H2,1-3H3/t14-/m1/s1. The van der Waals surface area contributed by atoms with Crippen LogP contribution in [0, 0.1) is 10.1 Å². The van der Waals surface area contributed by atoms with E-state index in [4.69, 9.17) is 0 Å². The molecule has 29 heavy (non-hydrogen) atoms. The Kier molecular flexibility index (Phi) is 7.11. The molecule has 158 valence electrons. The first-order valence-electron chi connectivity index (χ1n) is 8.72. The summed E-state index contributed by atoms with van der Waals surface area (Å²) in [4.78, 5) is 9.58. The van der Waals surface area contributed by atoms with Crippen LogP contribution in [-0.2, 0) is 26.5 Å². The first kappa shape index (κ1) is 22.9. The predicted molar refractivity (Wildman–Crippen MR) is 109 cm³/mol. The van der Waals surface area contributed by atoms with Gasteiger partial charge in [0.1, 0.15) is 0 Å². The maximum absolute atomic E-state index is 12.7. The second kappa shape index (κ2) is 8.99. The molecule has 9 nitrogen and oxygen atoms in total. The van der Waals surface area contributed by atoms with E-state index in [0.717, 1.165) is 28.1 Å². The van der Waals surface area contributed by atoms with E-state index in [1.54, 1.807) is 6.92 Å². The SMILES string of the molecule is C[C@H](CCc1ccccc1)NS(=O)(=O)c1ccc(S(=O)(=O)N(C)C)cc1[N+](=O)[O-]. The van der Waals surface area contributed by atoms with Crippen molar-refractivity contribution in [2.24, 2.45) is 0 Å². The highest BCUT2D eigenvalue weighted by Gasteiger charge is 2.30. The minimum Gasteiger partial charge on any atom is -0.258 e. The van der Waals surface area contributed by atoms with E-state index in [0.29, 0.717) is 12.8 Å². The quantitative estimate of drug-likeness (QED) is 0.469. The molecule has 0 aliphatic carbocycles. The molecule has 0 aliphatic heterocycles. The third-order valence-corrected chi connectivity index (χ3v) is 7.71. The molecular formula is C18H23N3O6S2. The molecule has 0 saturated carbocycles. The molecule has 1 N–H and O–H groups in total. The molecule has 0 fully saturated rings. The summed E-state index contributed by atoms with van der Waals surface area (Å²) < 4.78 is 53.1. The Balaban J connectivity index is 2.28. The van der Waals surface area contributed by atoms with Gasteiger partial charge in [-0.3, -0.25) is 10.1 Å². The second-order valence-corrected chi connectivity index (χ2v) is 10.6. The molecule has 11 heteroatoms. The fourth-order valence-corrected chi connectivity index (χ4v) is 5.01. The second-order valence-electron chi connectivity index (χ2n) is 6.72. The third-order valence-electron chi connectivity index (χ3n) is 4.26. The van der Waals surface area contributed by atoms with Gasteiger partial charge in [-0.25, -0.2) is 25.9 Å². The fraction of sp³-hybridized carbons (Fsp3) is 0.333. The Morgan fingerprint density at radius 3 is 2.24 bits per heavy atom. The van der Waals surface area contributed by atoms with Gasteiger partial charge < -0.3 is 0 Å². The van der Waals surface area contributed by atoms with Crippen LogP contribution in [0.4, 0.5) is 5.69 Å². The van der Waals surface area contributed by atoms with Gasteiger partial charge in [-0.1, -0.05) is 30.3 Å². The average molecular weight is 442 g/mol. The van der Waals surface area contributed by atoms with Crippen molar-refractivity contribution in [1.82, 2.24) is 9.03 Å². The molecule has 2 rings (SSSR count). The Morgan fingerprint density at radius 1 is 1.07 bits per heavy atom. The van der Waals surface area contributed by atoms with Crippen LogP contribution in [0.25, 0.3) is 0 Å². The highest BCUT2D eigenvalue weighted by atomic mass is 32.2. The van der Waals surface area contributed by atoms with E-state index >= 15 is 0 Å². The molecule has 0 radical (unpaired) electrons. The van der Waals surface area contributed by atoms with Crippen molar-refractivity contribution in [1.29, 1.82) is 0 Å². The summed E-state index contributed by atoms with van der Waals surface area (Å²) in [6.07, 6.45) is 1.12. The molecule has 2 aromatic carbocycles. The van der Waals surface area contributed by atoms with E-state index in [-0.39, 0.29) is 4.90 Å². The lowest BCUT2D eigenvalue weighted by atomic mass is 10.1. The zero-order valence-corrected chi connectivity index (χ0v) is 17.9. The van der Waals surface area contributed by atoms with Gasteiger partial charge in [0.2, 0.25) is 20.0 Å². The fourth-order valence-electron chi connectivity index (χ4n) is 2.65. The normalized spacial score (nSPS) is 13.4. The zero-order valence-electron chi connectivity index (χ0n) is 16.3. The molecule has 2 aromatic rings. The molecule has 0 heterocycles. The highest BCUT2D eigenvalue weighted by Crippen LogP contribution is 2.28. The van der Waals surface area contributed by atoms with Crippen molar-refractivity contribution in [2.45, 2.75) is 35.6 Å². The summed E-state index contributed by atoms with van der Waals surface area (Å²) in [7, 11) is -5.61. The van der Waals surface area contributed by atoms with Crippen LogP contribution in [-0.4, -0.2) is 46.2 Å². The predicted octanol–water partition coefficient (Wildman–Crippen LogP) is 2.14. The number of rotatable bonds is 9. The van der Waals surface area contributed by atoms with Gasteiger partial charge in [0.25, 0.3) is 5.69 Å². The summed E-state index contributed by atoms with van der Waals surface area (Å²) in [5, 5.41) is 11.4. The summed E-state index contributed by atoms with van der Waals surface area (Å²) in [6.45, 7) is 1.66. The first-order chi connectivity index (χ1) is 13.4. The number of hydrogen-bond donors (Lipinski definition) is 1. The van der Waals surface area contributed by atoms with Crippen LogP contribution in [0.15, 0.2) is 58.3 Å². The van der Waals surface area contributed by atoms with Gasteiger partial charge in [-0.05, 0) is 37.5 Å². The van der Waals surface area contributed by atoms with Crippen molar-refractivity contribution in [3.63, 3.8) is 0 Å². The lowest BCUT2D eigenvalue weighted by Crippen LogP contribution is -2.33. The molecule has 0 amide bonds. The van der Waals surface area contributed by atoms with Crippen molar-refractivity contribution < 1.29 is 21.8 Å². The maximum atomic E-state index is 12.7. The molecule has 0 aromatic heterocycles. The summed E-state index contributed by atoms with van der Waals surface area (Å²) in [5.74, 6) is 0. The molecule has 0 spiro atoms. The highest BCUT2D eigenvalue weighted by molar-refractivity contribution is 7.90. The van der Waals surface area contributed by atoms with Gasteiger partial charge in [-0.2, -0.15) is 0 Å². The van der Waals surface area contributed by atoms with E-state index in [9.17, 15) is 26.9 Å². The van der Waals surface area contributed by atoms with E-state index in [2.05, 4.69) is 4.72 Å². The van der Waals surface area contributed by atoms with Gasteiger partial charge in [0.05, 0.1) is 9.82 Å². The molecular weight excluding hydrogens is 418 g/mol. The number of sulfonamides is 2. The lowest BCUT2D eigenvalue weighted by Gasteiger charge is -2.15. The summed E-state index contributed by atoms with van der Waals surface area (Å²) >= 11 is 0. The number of benzene rings is 2. The smallest absolute Gasteiger partial charge is 0.258 e. The van der Waals surface area contributed by atoms with Gasteiger partial charge >= 0.3 is 0 Å². The minimum atomic E-state index is -4.22. The van der Waals surface area contributed by atoms with Gasteiger partial charge in [0.15, 0.2) is 4.90 Å². The number of hydrogen-bond acceptors (Lipinski definition) is 6. The summed E-state index contributed by atoms with van der Waals surface area (Å²) in [5.41, 5.74) is 0.249. The number of nitro groups is 1. The van der Waals surface area contributed by atoms with Crippen LogP contribution in [0.2, 0.25) is 0 Å². The van der Waals surface area contributed by atoms with Gasteiger partial charge in [-0.15, -0.1) is 0 Å². The number of nitrogens with zero attached hydrogens (tertiary/aromatic N) is 2. The summed E-state index contributed by atoms with van der Waals surface area (Å²) in [6, 6.07) is 11.8. The van der Waals surface area contributed by atoms with Crippen LogP contribution in [0.3, 0.4) is 0 Å². The Morgan fingerprint density at radius 2 is 1.69 bits per heavy atom. The average Bonchev–Trinajstić information content (AvgIpc) is 2.66. The van der Waals surface area contributed by atoms with E-state index < -0.39 is 41.6 Å².